The highest BCUT2D eigenvalue weighted by Crippen LogP contribution is 2.39. The van der Waals surface area contributed by atoms with E-state index in [-0.39, 0.29) is 0 Å². The second-order valence-corrected chi connectivity index (χ2v) is 7.23. The number of aromatic nitrogens is 1. The molecule has 1 atom stereocenters. The fraction of sp³-hybridized carbons (Fsp3) is 0.462. The van der Waals surface area contributed by atoms with Crippen LogP contribution in [-0.4, -0.2) is 11.5 Å². The number of fused-ring (bicyclic) bond motifs is 1. The lowest BCUT2D eigenvalue weighted by atomic mass is 9.98. The molecule has 2 aromatic heterocycles. The zero-order valence-electron chi connectivity index (χ0n) is 10.2. The number of rotatable bonds is 3. The summed E-state index contributed by atoms with van der Waals surface area (Å²) < 4.78 is 0.835. The molecule has 5 heteroatoms. The number of aryl methyl sites for hydroxylation is 1. The quantitative estimate of drug-likeness (QED) is 0.901. The second-order valence-electron chi connectivity index (χ2n) is 4.43. The molecule has 0 spiro atoms. The number of nitrogens with one attached hydrogen (secondary N) is 1. The van der Waals surface area contributed by atoms with Gasteiger partial charge in [-0.3, -0.25) is 0 Å². The SMILES string of the molecule is CCNC1CCCc2sc(-c3ccc(Cl)s3)nc21. The van der Waals surface area contributed by atoms with Crippen LogP contribution in [0, 0.1) is 0 Å². The number of thiazole rings is 1. The molecule has 0 amide bonds. The normalized spacial score (nSPS) is 18.9. The Hall–Kier alpha value is -0.420. The summed E-state index contributed by atoms with van der Waals surface area (Å²) in [6.07, 6.45) is 3.64. The van der Waals surface area contributed by atoms with Crippen LogP contribution in [0.2, 0.25) is 4.34 Å². The minimum atomic E-state index is 0.444. The van der Waals surface area contributed by atoms with Gasteiger partial charge < -0.3 is 5.32 Å². The maximum Gasteiger partial charge on any atom is 0.134 e. The number of hydrogen-bond acceptors (Lipinski definition) is 4. The molecule has 1 aliphatic rings. The van der Waals surface area contributed by atoms with E-state index in [2.05, 4.69) is 18.3 Å². The Balaban J connectivity index is 1.95. The first kappa shape index (κ1) is 12.6. The van der Waals surface area contributed by atoms with Gasteiger partial charge in [0.1, 0.15) is 5.01 Å². The van der Waals surface area contributed by atoms with Crippen LogP contribution in [0.1, 0.15) is 36.4 Å². The van der Waals surface area contributed by atoms with E-state index in [1.54, 1.807) is 11.3 Å². The van der Waals surface area contributed by atoms with Crippen molar-refractivity contribution in [3.63, 3.8) is 0 Å². The summed E-state index contributed by atoms with van der Waals surface area (Å²) in [6.45, 7) is 3.16. The van der Waals surface area contributed by atoms with Gasteiger partial charge >= 0.3 is 0 Å². The maximum atomic E-state index is 6.00. The molecule has 0 bridgehead atoms. The lowest BCUT2D eigenvalue weighted by Gasteiger charge is -2.21. The van der Waals surface area contributed by atoms with Crippen LogP contribution in [0.25, 0.3) is 9.88 Å². The third kappa shape index (κ3) is 2.35. The molecule has 0 radical (unpaired) electrons. The predicted molar refractivity (Wildman–Crippen MR) is 79.8 cm³/mol. The van der Waals surface area contributed by atoms with E-state index < -0.39 is 0 Å². The van der Waals surface area contributed by atoms with Gasteiger partial charge in [0.25, 0.3) is 0 Å². The highest BCUT2D eigenvalue weighted by molar-refractivity contribution is 7.23. The van der Waals surface area contributed by atoms with E-state index in [4.69, 9.17) is 16.6 Å². The summed E-state index contributed by atoms with van der Waals surface area (Å²) in [4.78, 5) is 7.48. The van der Waals surface area contributed by atoms with Crippen molar-refractivity contribution in [2.45, 2.75) is 32.2 Å². The van der Waals surface area contributed by atoms with E-state index in [0.717, 1.165) is 15.9 Å². The number of thiophene rings is 1. The Morgan fingerprint density at radius 1 is 1.44 bits per heavy atom. The molecule has 1 N–H and O–H groups in total. The van der Waals surface area contributed by atoms with Gasteiger partial charge in [0.2, 0.25) is 0 Å². The van der Waals surface area contributed by atoms with Crippen molar-refractivity contribution in [2.75, 3.05) is 6.54 Å². The third-order valence-electron chi connectivity index (χ3n) is 3.19. The number of halogens is 1. The molecule has 2 aromatic rings. The smallest absolute Gasteiger partial charge is 0.134 e. The zero-order valence-corrected chi connectivity index (χ0v) is 12.6. The van der Waals surface area contributed by atoms with Gasteiger partial charge in [0.15, 0.2) is 0 Å². The van der Waals surface area contributed by atoms with E-state index in [9.17, 15) is 0 Å². The summed E-state index contributed by atoms with van der Waals surface area (Å²) in [6, 6.07) is 4.46. The average Bonchev–Trinajstić information content (AvgIpc) is 2.95. The molecule has 3 rings (SSSR count). The molecule has 18 heavy (non-hydrogen) atoms. The van der Waals surface area contributed by atoms with Crippen LogP contribution in [0.4, 0.5) is 0 Å². The number of hydrogen-bond donors (Lipinski definition) is 1. The molecule has 1 aliphatic carbocycles. The molecule has 2 nitrogen and oxygen atoms in total. The molecule has 0 fully saturated rings. The highest BCUT2D eigenvalue weighted by Gasteiger charge is 2.24. The molecule has 1 unspecified atom stereocenters. The zero-order chi connectivity index (χ0) is 12.5. The lowest BCUT2D eigenvalue weighted by molar-refractivity contribution is 0.465. The van der Waals surface area contributed by atoms with Gasteiger partial charge in [-0.25, -0.2) is 4.98 Å². The Kier molecular flexibility index (Phi) is 3.71. The van der Waals surface area contributed by atoms with E-state index in [1.807, 2.05) is 17.4 Å². The van der Waals surface area contributed by atoms with Crippen molar-refractivity contribution in [1.82, 2.24) is 10.3 Å². The summed E-state index contributed by atoms with van der Waals surface area (Å²) in [7, 11) is 0. The van der Waals surface area contributed by atoms with Crippen LogP contribution in [-0.2, 0) is 6.42 Å². The molecule has 96 valence electrons. The summed E-state index contributed by atoms with van der Waals surface area (Å²) in [5, 5.41) is 4.66. The first-order valence-corrected chi connectivity index (χ1v) is 8.27. The fourth-order valence-corrected chi connectivity index (χ4v) is 4.66. The van der Waals surface area contributed by atoms with Crippen molar-refractivity contribution in [3.05, 3.63) is 27.0 Å². The van der Waals surface area contributed by atoms with Crippen LogP contribution >= 0.6 is 34.3 Å². The number of nitrogens with zero attached hydrogens (tertiary/aromatic N) is 1. The molecular formula is C13H15ClN2S2. The molecule has 0 saturated carbocycles. The second kappa shape index (κ2) is 5.29. The Morgan fingerprint density at radius 3 is 3.06 bits per heavy atom. The largest absolute Gasteiger partial charge is 0.309 e. The highest BCUT2D eigenvalue weighted by atomic mass is 35.5. The van der Waals surface area contributed by atoms with E-state index in [0.29, 0.717) is 6.04 Å². The van der Waals surface area contributed by atoms with Gasteiger partial charge in [-0.1, -0.05) is 18.5 Å². The van der Waals surface area contributed by atoms with Crippen molar-refractivity contribution in [1.29, 1.82) is 0 Å². The first-order valence-electron chi connectivity index (χ1n) is 6.26. The van der Waals surface area contributed by atoms with Gasteiger partial charge in [-0.05, 0) is 37.9 Å². The topological polar surface area (TPSA) is 24.9 Å². The van der Waals surface area contributed by atoms with Gasteiger partial charge in [-0.15, -0.1) is 22.7 Å². The molecular weight excluding hydrogens is 284 g/mol. The van der Waals surface area contributed by atoms with Crippen molar-refractivity contribution in [2.24, 2.45) is 0 Å². The molecule has 2 heterocycles. The maximum absolute atomic E-state index is 6.00. The fourth-order valence-electron chi connectivity index (χ4n) is 2.40. The van der Waals surface area contributed by atoms with Gasteiger partial charge in [-0.2, -0.15) is 0 Å². The average molecular weight is 299 g/mol. The molecule has 0 aliphatic heterocycles. The van der Waals surface area contributed by atoms with Crippen LogP contribution in [0.5, 0.6) is 0 Å². The van der Waals surface area contributed by atoms with E-state index in [1.165, 1.54) is 34.7 Å². The minimum Gasteiger partial charge on any atom is -0.309 e. The van der Waals surface area contributed by atoms with Gasteiger partial charge in [0.05, 0.1) is 20.9 Å². The third-order valence-corrected chi connectivity index (χ3v) is 5.72. The van der Waals surface area contributed by atoms with Crippen LogP contribution in [0.15, 0.2) is 12.1 Å². The standard InChI is InChI=1S/C13H15ClN2S2/c1-2-15-8-4-3-5-9-12(8)16-13(18-9)10-6-7-11(14)17-10/h6-8,15H,2-5H2,1H3. The summed E-state index contributed by atoms with van der Waals surface area (Å²) >= 11 is 9.44. The lowest BCUT2D eigenvalue weighted by Crippen LogP contribution is -2.24. The van der Waals surface area contributed by atoms with Crippen LogP contribution in [0.3, 0.4) is 0 Å². The monoisotopic (exact) mass is 298 g/mol. The Labute approximate surface area is 120 Å². The van der Waals surface area contributed by atoms with Crippen molar-refractivity contribution < 1.29 is 0 Å². The minimum absolute atomic E-state index is 0.444. The Bertz CT molecular complexity index is 547. The first-order chi connectivity index (χ1) is 8.78. The van der Waals surface area contributed by atoms with Crippen molar-refractivity contribution >= 4 is 34.3 Å². The molecule has 0 aromatic carbocycles. The Morgan fingerprint density at radius 2 is 2.33 bits per heavy atom. The summed E-state index contributed by atoms with van der Waals surface area (Å²) in [5.74, 6) is 0. The molecule has 0 saturated heterocycles. The van der Waals surface area contributed by atoms with Crippen LogP contribution < -0.4 is 5.32 Å². The van der Waals surface area contributed by atoms with E-state index >= 15 is 0 Å². The predicted octanol–water partition coefficient (Wildman–Crippen LogP) is 4.51. The van der Waals surface area contributed by atoms with Crippen molar-refractivity contribution in [3.8, 4) is 9.88 Å². The van der Waals surface area contributed by atoms with Gasteiger partial charge in [0, 0.05) is 4.88 Å². The summed E-state index contributed by atoms with van der Waals surface area (Å²) in [5.41, 5.74) is 1.27.